The van der Waals surface area contributed by atoms with Crippen molar-refractivity contribution >= 4 is 17.6 Å². The fourth-order valence-corrected chi connectivity index (χ4v) is 2.79. The van der Waals surface area contributed by atoms with E-state index in [-0.39, 0.29) is 5.69 Å². The molecule has 2 aromatic carbocycles. The van der Waals surface area contributed by atoms with Crippen molar-refractivity contribution in [2.75, 3.05) is 23.4 Å². The van der Waals surface area contributed by atoms with Crippen LogP contribution in [-0.2, 0) is 6.18 Å². The summed E-state index contributed by atoms with van der Waals surface area (Å²) in [6.07, 6.45) is -1.12. The smallest absolute Gasteiger partial charge is 0.371 e. The third-order valence-electron chi connectivity index (χ3n) is 3.95. The van der Waals surface area contributed by atoms with E-state index < -0.39 is 11.7 Å². The van der Waals surface area contributed by atoms with Gasteiger partial charge in [0.15, 0.2) is 0 Å². The maximum Gasteiger partial charge on any atom is 0.418 e. The molecule has 0 unspecified atom stereocenters. The van der Waals surface area contributed by atoms with E-state index in [4.69, 9.17) is 0 Å². The van der Waals surface area contributed by atoms with Gasteiger partial charge < -0.3 is 4.90 Å². The van der Waals surface area contributed by atoms with Crippen LogP contribution in [0.25, 0.3) is 0 Å². The summed E-state index contributed by atoms with van der Waals surface area (Å²) in [5, 5.41) is 4.01. The van der Waals surface area contributed by atoms with Crippen molar-refractivity contribution in [2.45, 2.75) is 19.0 Å². The van der Waals surface area contributed by atoms with Gasteiger partial charge in [0, 0.05) is 18.8 Å². The third-order valence-corrected chi connectivity index (χ3v) is 3.95. The summed E-state index contributed by atoms with van der Waals surface area (Å²) in [4.78, 5) is 1.80. The molecule has 1 N–H and O–H groups in total. The quantitative estimate of drug-likeness (QED) is 0.646. The molecule has 1 fully saturated rings. The van der Waals surface area contributed by atoms with Gasteiger partial charge in [0.1, 0.15) is 0 Å². The van der Waals surface area contributed by atoms with E-state index in [1.807, 2.05) is 30.3 Å². The molecule has 0 atom stereocenters. The summed E-state index contributed by atoms with van der Waals surface area (Å²) < 4.78 is 40.1. The molecule has 1 aliphatic heterocycles. The van der Waals surface area contributed by atoms with Gasteiger partial charge in [0.05, 0.1) is 17.5 Å². The van der Waals surface area contributed by atoms with Crippen molar-refractivity contribution < 1.29 is 13.2 Å². The number of halogens is 3. The number of benzene rings is 2. The molecule has 0 bridgehead atoms. The highest BCUT2D eigenvalue weighted by molar-refractivity contribution is 5.82. The lowest BCUT2D eigenvalue weighted by atomic mass is 10.1. The highest BCUT2D eigenvalue weighted by Gasteiger charge is 2.35. The lowest BCUT2D eigenvalue weighted by molar-refractivity contribution is -0.137. The Morgan fingerprint density at radius 1 is 1.00 bits per heavy atom. The Morgan fingerprint density at radius 2 is 1.71 bits per heavy atom. The fourth-order valence-electron chi connectivity index (χ4n) is 2.79. The average Bonchev–Trinajstić information content (AvgIpc) is 3.09. The van der Waals surface area contributed by atoms with Crippen molar-refractivity contribution in [1.29, 1.82) is 0 Å². The molecule has 6 heteroatoms. The van der Waals surface area contributed by atoms with Crippen LogP contribution in [0.4, 0.5) is 24.5 Å². The van der Waals surface area contributed by atoms with Crippen LogP contribution < -0.4 is 10.3 Å². The highest BCUT2D eigenvalue weighted by Crippen LogP contribution is 2.38. The minimum Gasteiger partial charge on any atom is -0.371 e. The molecule has 0 aliphatic carbocycles. The predicted molar refractivity (Wildman–Crippen MR) is 90.5 cm³/mol. The zero-order valence-electron chi connectivity index (χ0n) is 13.1. The Bertz CT molecular complexity index is 705. The maximum absolute atomic E-state index is 13.4. The SMILES string of the molecule is FC(F)(F)c1cc(C=NNc2ccccc2)ccc1N1CCCC1. The van der Waals surface area contributed by atoms with E-state index in [2.05, 4.69) is 10.5 Å². The number of rotatable bonds is 4. The first-order valence-corrected chi connectivity index (χ1v) is 7.84. The molecule has 0 saturated carbocycles. The molecule has 0 radical (unpaired) electrons. The van der Waals surface area contributed by atoms with Crippen molar-refractivity contribution in [3.63, 3.8) is 0 Å². The van der Waals surface area contributed by atoms with Gasteiger partial charge in [0.2, 0.25) is 0 Å². The van der Waals surface area contributed by atoms with E-state index in [0.29, 0.717) is 18.7 Å². The molecule has 1 heterocycles. The summed E-state index contributed by atoms with van der Waals surface area (Å²) in [7, 11) is 0. The second kappa shape index (κ2) is 6.95. The molecule has 24 heavy (non-hydrogen) atoms. The molecule has 126 valence electrons. The molecule has 3 nitrogen and oxygen atoms in total. The zero-order chi connectivity index (χ0) is 17.0. The van der Waals surface area contributed by atoms with Crippen LogP contribution in [0.5, 0.6) is 0 Å². The Hall–Kier alpha value is -2.50. The lowest BCUT2D eigenvalue weighted by Gasteiger charge is -2.23. The first-order valence-electron chi connectivity index (χ1n) is 7.84. The van der Waals surface area contributed by atoms with Gasteiger partial charge in [-0.3, -0.25) is 5.43 Å². The Kier molecular flexibility index (Phi) is 4.74. The fraction of sp³-hybridized carbons (Fsp3) is 0.278. The Morgan fingerprint density at radius 3 is 2.38 bits per heavy atom. The van der Waals surface area contributed by atoms with Crippen molar-refractivity contribution in [1.82, 2.24) is 0 Å². The Labute approximate surface area is 138 Å². The second-order valence-corrected chi connectivity index (χ2v) is 5.70. The van der Waals surface area contributed by atoms with Crippen molar-refractivity contribution in [2.24, 2.45) is 5.10 Å². The van der Waals surface area contributed by atoms with Gasteiger partial charge in [-0.25, -0.2) is 0 Å². The first kappa shape index (κ1) is 16.4. The summed E-state index contributed by atoms with van der Waals surface area (Å²) in [6.45, 7) is 1.35. The minimum absolute atomic E-state index is 0.258. The largest absolute Gasteiger partial charge is 0.418 e. The van der Waals surface area contributed by atoms with Crippen LogP contribution in [0.15, 0.2) is 53.6 Å². The minimum atomic E-state index is -4.38. The number of hydrogen-bond acceptors (Lipinski definition) is 3. The van der Waals surface area contributed by atoms with Crippen LogP contribution >= 0.6 is 0 Å². The van der Waals surface area contributed by atoms with Crippen molar-refractivity contribution in [3.05, 3.63) is 59.7 Å². The van der Waals surface area contributed by atoms with Crippen LogP contribution in [0.1, 0.15) is 24.0 Å². The topological polar surface area (TPSA) is 27.6 Å². The zero-order valence-corrected chi connectivity index (χ0v) is 13.1. The summed E-state index contributed by atoms with van der Waals surface area (Å²) in [6, 6.07) is 13.6. The standard InChI is InChI=1S/C18H18F3N3/c19-18(20,21)16-12-14(8-9-17(16)24-10-4-5-11-24)13-22-23-15-6-2-1-3-7-15/h1-3,6-9,12-13,23H,4-5,10-11H2. The van der Waals surface area contributed by atoms with Gasteiger partial charge in [-0.1, -0.05) is 24.3 Å². The maximum atomic E-state index is 13.4. The van der Waals surface area contributed by atoms with Gasteiger partial charge in [0.25, 0.3) is 0 Å². The van der Waals surface area contributed by atoms with Gasteiger partial charge in [-0.15, -0.1) is 0 Å². The third kappa shape index (κ3) is 3.88. The monoisotopic (exact) mass is 333 g/mol. The predicted octanol–water partition coefficient (Wildman–Crippen LogP) is 4.75. The number of nitrogens with zero attached hydrogens (tertiary/aromatic N) is 2. The van der Waals surface area contributed by atoms with Crippen LogP contribution in [-0.4, -0.2) is 19.3 Å². The van der Waals surface area contributed by atoms with Crippen LogP contribution in [0.3, 0.4) is 0 Å². The molecular weight excluding hydrogens is 315 g/mol. The molecule has 3 rings (SSSR count). The Balaban J connectivity index is 1.81. The highest BCUT2D eigenvalue weighted by atomic mass is 19.4. The van der Waals surface area contributed by atoms with E-state index in [1.165, 1.54) is 12.3 Å². The summed E-state index contributed by atoms with van der Waals surface area (Å²) >= 11 is 0. The van der Waals surface area contributed by atoms with Gasteiger partial charge in [-0.05, 0) is 42.7 Å². The van der Waals surface area contributed by atoms with E-state index >= 15 is 0 Å². The van der Waals surface area contributed by atoms with E-state index in [9.17, 15) is 13.2 Å². The van der Waals surface area contributed by atoms with Gasteiger partial charge >= 0.3 is 6.18 Å². The second-order valence-electron chi connectivity index (χ2n) is 5.70. The lowest BCUT2D eigenvalue weighted by Crippen LogP contribution is -2.22. The average molecular weight is 333 g/mol. The molecule has 0 aromatic heterocycles. The molecule has 1 aliphatic rings. The van der Waals surface area contributed by atoms with Crippen LogP contribution in [0.2, 0.25) is 0 Å². The number of hydrazone groups is 1. The summed E-state index contributed by atoms with van der Waals surface area (Å²) in [5.41, 5.74) is 3.64. The molecular formula is C18H18F3N3. The molecule has 1 saturated heterocycles. The molecule has 2 aromatic rings. The number of anilines is 2. The van der Waals surface area contributed by atoms with Crippen LogP contribution in [0, 0.1) is 0 Å². The number of hydrogen-bond donors (Lipinski definition) is 1. The van der Waals surface area contributed by atoms with E-state index in [0.717, 1.165) is 24.6 Å². The summed E-state index contributed by atoms with van der Waals surface area (Å²) in [5.74, 6) is 0. The van der Waals surface area contributed by atoms with Crippen molar-refractivity contribution in [3.8, 4) is 0 Å². The number of alkyl halides is 3. The molecule has 0 spiro atoms. The normalized spacial score (nSPS) is 15.2. The number of para-hydroxylation sites is 1. The van der Waals surface area contributed by atoms with Gasteiger partial charge in [-0.2, -0.15) is 18.3 Å². The molecule has 0 amide bonds. The first-order chi connectivity index (χ1) is 11.5. The van der Waals surface area contributed by atoms with E-state index in [1.54, 1.807) is 11.0 Å². The number of nitrogens with one attached hydrogen (secondary N) is 1.